The van der Waals surface area contributed by atoms with Gasteiger partial charge in [-0.2, -0.15) is 0 Å². The van der Waals surface area contributed by atoms with Crippen LogP contribution in [0.5, 0.6) is 0 Å². The third-order valence-electron chi connectivity index (χ3n) is 4.79. The van der Waals surface area contributed by atoms with Gasteiger partial charge in [0.25, 0.3) is 0 Å². The lowest BCUT2D eigenvalue weighted by molar-refractivity contribution is -0.00687. The predicted molar refractivity (Wildman–Crippen MR) is 114 cm³/mol. The third kappa shape index (κ3) is 5.41. The van der Waals surface area contributed by atoms with E-state index in [0.29, 0.717) is 12.5 Å². The number of morpholine rings is 1. The summed E-state index contributed by atoms with van der Waals surface area (Å²) in [5.41, 5.74) is 6.26. The summed E-state index contributed by atoms with van der Waals surface area (Å²) >= 11 is 1.69. The molecule has 0 amide bonds. The molecule has 2 N–H and O–H groups in total. The molecule has 2 saturated heterocycles. The lowest BCUT2D eigenvalue weighted by Crippen LogP contribution is -2.53. The van der Waals surface area contributed by atoms with Gasteiger partial charge in [0.05, 0.1) is 19.8 Å². The zero-order valence-electron chi connectivity index (χ0n) is 15.1. The fourth-order valence-corrected chi connectivity index (χ4v) is 3.84. The van der Waals surface area contributed by atoms with E-state index in [0.717, 1.165) is 57.6 Å². The minimum atomic E-state index is 0. The Bertz CT molecular complexity index is 539. The maximum Gasteiger partial charge on any atom is 0.191 e. The van der Waals surface area contributed by atoms with Crippen molar-refractivity contribution in [2.45, 2.75) is 19.4 Å². The van der Waals surface area contributed by atoms with Gasteiger partial charge in [-0.1, -0.05) is 0 Å². The van der Waals surface area contributed by atoms with Crippen molar-refractivity contribution in [2.24, 2.45) is 10.7 Å². The zero-order valence-corrected chi connectivity index (χ0v) is 18.2. The largest absolute Gasteiger partial charge is 0.379 e. The molecular formula is C16H29IN6OS. The van der Waals surface area contributed by atoms with Crippen molar-refractivity contribution >= 4 is 46.4 Å². The standard InChI is InChI=1S/C16H28N6OS.HI/c1-16(2,22-8-10-23-11-9-22)13-19-14(17)20-4-6-21(7-5-20)15-18-3-12-24-15;/h3,12H,4-11,13H2,1-2H3,(H2,17,19);1H. The molecule has 0 bridgehead atoms. The molecular weight excluding hydrogens is 451 g/mol. The Morgan fingerprint density at radius 2 is 1.92 bits per heavy atom. The van der Waals surface area contributed by atoms with Crippen molar-refractivity contribution in [2.75, 3.05) is 63.9 Å². The monoisotopic (exact) mass is 480 g/mol. The normalized spacial score (nSPS) is 20.5. The van der Waals surface area contributed by atoms with Crippen molar-refractivity contribution in [1.82, 2.24) is 14.8 Å². The first-order valence-electron chi connectivity index (χ1n) is 8.58. The van der Waals surface area contributed by atoms with Crippen LogP contribution in [0.2, 0.25) is 0 Å². The number of halogens is 1. The van der Waals surface area contributed by atoms with Crippen LogP contribution in [0.1, 0.15) is 13.8 Å². The van der Waals surface area contributed by atoms with Crippen molar-refractivity contribution < 1.29 is 4.74 Å². The van der Waals surface area contributed by atoms with Gasteiger partial charge in [-0.3, -0.25) is 9.89 Å². The Morgan fingerprint density at radius 1 is 1.24 bits per heavy atom. The molecule has 0 unspecified atom stereocenters. The number of anilines is 1. The van der Waals surface area contributed by atoms with Crippen molar-refractivity contribution in [3.05, 3.63) is 11.6 Å². The predicted octanol–water partition coefficient (Wildman–Crippen LogP) is 1.31. The molecule has 1 aromatic heterocycles. The number of ether oxygens (including phenoxy) is 1. The second-order valence-corrected chi connectivity index (χ2v) is 7.75. The summed E-state index contributed by atoms with van der Waals surface area (Å²) in [7, 11) is 0. The smallest absolute Gasteiger partial charge is 0.191 e. The first-order chi connectivity index (χ1) is 11.6. The number of hydrogen-bond donors (Lipinski definition) is 1. The molecule has 2 fully saturated rings. The minimum absolute atomic E-state index is 0. The maximum atomic E-state index is 6.25. The van der Waals surface area contributed by atoms with E-state index >= 15 is 0 Å². The van der Waals surface area contributed by atoms with Crippen molar-refractivity contribution in [3.8, 4) is 0 Å². The van der Waals surface area contributed by atoms with Crippen LogP contribution >= 0.6 is 35.3 Å². The van der Waals surface area contributed by atoms with Crippen LogP contribution in [-0.4, -0.2) is 85.3 Å². The summed E-state index contributed by atoms with van der Waals surface area (Å²) in [5.74, 6) is 0.662. The Labute approximate surface area is 171 Å². The van der Waals surface area contributed by atoms with Gasteiger partial charge in [-0.25, -0.2) is 4.98 Å². The molecule has 9 heteroatoms. The van der Waals surface area contributed by atoms with E-state index in [4.69, 9.17) is 10.5 Å². The number of rotatable bonds is 4. The van der Waals surface area contributed by atoms with E-state index in [1.54, 1.807) is 11.3 Å². The number of nitrogens with zero attached hydrogens (tertiary/aromatic N) is 5. The van der Waals surface area contributed by atoms with Gasteiger partial charge in [0.2, 0.25) is 0 Å². The van der Waals surface area contributed by atoms with Crippen LogP contribution in [-0.2, 0) is 4.74 Å². The summed E-state index contributed by atoms with van der Waals surface area (Å²) < 4.78 is 5.44. The number of aromatic nitrogens is 1. The van der Waals surface area contributed by atoms with Crippen molar-refractivity contribution in [1.29, 1.82) is 0 Å². The summed E-state index contributed by atoms with van der Waals surface area (Å²) in [6, 6.07) is 0. The van der Waals surface area contributed by atoms with Crippen LogP contribution in [0.25, 0.3) is 0 Å². The summed E-state index contributed by atoms with van der Waals surface area (Å²) in [4.78, 5) is 16.0. The Hall–Kier alpha value is -0.650. The fraction of sp³-hybridized carbons (Fsp3) is 0.750. The number of aliphatic imine (C=N–C) groups is 1. The van der Waals surface area contributed by atoms with Gasteiger partial charge in [-0.05, 0) is 13.8 Å². The Balaban J connectivity index is 0.00000225. The highest BCUT2D eigenvalue weighted by atomic mass is 127. The molecule has 3 rings (SSSR count). The zero-order chi connectivity index (χ0) is 17.0. The first kappa shape index (κ1) is 20.7. The van der Waals surface area contributed by atoms with E-state index in [2.05, 4.69) is 38.5 Å². The Morgan fingerprint density at radius 3 is 2.52 bits per heavy atom. The topological polar surface area (TPSA) is 70.2 Å². The van der Waals surface area contributed by atoms with Gasteiger partial charge in [0.15, 0.2) is 11.1 Å². The lowest BCUT2D eigenvalue weighted by Gasteiger charge is -2.40. The quantitative estimate of drug-likeness (QED) is 0.398. The van der Waals surface area contributed by atoms with E-state index in [-0.39, 0.29) is 29.5 Å². The number of thiazole rings is 1. The Kier molecular flexibility index (Phi) is 7.71. The second kappa shape index (κ2) is 9.33. The van der Waals surface area contributed by atoms with Gasteiger partial charge >= 0.3 is 0 Å². The maximum absolute atomic E-state index is 6.25. The molecule has 1 aromatic rings. The summed E-state index contributed by atoms with van der Waals surface area (Å²) in [6.45, 7) is 12.4. The third-order valence-corrected chi connectivity index (χ3v) is 5.62. The molecule has 0 aliphatic carbocycles. The van der Waals surface area contributed by atoms with Crippen LogP contribution in [0.3, 0.4) is 0 Å². The number of guanidine groups is 1. The highest BCUT2D eigenvalue weighted by Gasteiger charge is 2.28. The van der Waals surface area contributed by atoms with E-state index in [9.17, 15) is 0 Å². The molecule has 0 saturated carbocycles. The molecule has 0 spiro atoms. The molecule has 0 aromatic carbocycles. The average Bonchev–Trinajstić information content (AvgIpc) is 3.15. The van der Waals surface area contributed by atoms with Gasteiger partial charge in [0, 0.05) is 56.4 Å². The van der Waals surface area contributed by atoms with E-state index in [1.165, 1.54) is 0 Å². The highest BCUT2D eigenvalue weighted by molar-refractivity contribution is 14.0. The van der Waals surface area contributed by atoms with Gasteiger partial charge < -0.3 is 20.3 Å². The number of piperazine rings is 1. The minimum Gasteiger partial charge on any atom is -0.379 e. The molecule has 3 heterocycles. The van der Waals surface area contributed by atoms with Crippen LogP contribution in [0, 0.1) is 0 Å². The van der Waals surface area contributed by atoms with Crippen molar-refractivity contribution in [3.63, 3.8) is 0 Å². The van der Waals surface area contributed by atoms with Gasteiger partial charge in [-0.15, -0.1) is 35.3 Å². The second-order valence-electron chi connectivity index (χ2n) is 6.88. The molecule has 2 aliphatic heterocycles. The van der Waals surface area contributed by atoms with Crippen LogP contribution in [0.15, 0.2) is 16.6 Å². The summed E-state index contributed by atoms with van der Waals surface area (Å²) in [6.07, 6.45) is 1.86. The molecule has 0 radical (unpaired) electrons. The van der Waals surface area contributed by atoms with Crippen LogP contribution < -0.4 is 10.6 Å². The van der Waals surface area contributed by atoms with E-state index in [1.807, 2.05) is 11.6 Å². The highest BCUT2D eigenvalue weighted by Crippen LogP contribution is 2.19. The molecule has 142 valence electrons. The lowest BCUT2D eigenvalue weighted by atomic mass is 10.0. The number of hydrogen-bond acceptors (Lipinski definition) is 6. The van der Waals surface area contributed by atoms with Crippen LogP contribution in [0.4, 0.5) is 5.13 Å². The average molecular weight is 480 g/mol. The first-order valence-corrected chi connectivity index (χ1v) is 9.46. The molecule has 0 atom stereocenters. The molecule has 25 heavy (non-hydrogen) atoms. The summed E-state index contributed by atoms with van der Waals surface area (Å²) in [5, 5.41) is 3.12. The fourth-order valence-electron chi connectivity index (χ4n) is 3.14. The van der Waals surface area contributed by atoms with E-state index < -0.39 is 0 Å². The van der Waals surface area contributed by atoms with Gasteiger partial charge in [0.1, 0.15) is 0 Å². The molecule has 2 aliphatic rings. The SMILES string of the molecule is CC(C)(CN=C(N)N1CCN(c2nccs2)CC1)N1CCOCC1.I. The number of nitrogens with two attached hydrogens (primary N) is 1. The molecule has 7 nitrogen and oxygen atoms in total.